The molecule has 0 radical (unpaired) electrons. The maximum atomic E-state index is 12.6. The molecule has 1 aromatic rings. The first kappa shape index (κ1) is 13.0. The van der Waals surface area contributed by atoms with Gasteiger partial charge in [-0.3, -0.25) is 0 Å². The van der Waals surface area contributed by atoms with Gasteiger partial charge in [-0.2, -0.15) is 13.2 Å². The minimum Gasteiger partial charge on any atom is -0.465 e. The van der Waals surface area contributed by atoms with Crippen molar-refractivity contribution in [1.82, 2.24) is 0 Å². The summed E-state index contributed by atoms with van der Waals surface area (Å²) in [6.07, 6.45) is -4.57. The van der Waals surface area contributed by atoms with Gasteiger partial charge in [0.05, 0.1) is 18.2 Å². The predicted molar refractivity (Wildman–Crippen MR) is 55.4 cm³/mol. The van der Waals surface area contributed by atoms with E-state index in [2.05, 4.69) is 20.7 Å². The summed E-state index contributed by atoms with van der Waals surface area (Å²) in [5, 5.41) is 0.289. The molecule has 1 aromatic carbocycles. The van der Waals surface area contributed by atoms with E-state index in [1.165, 1.54) is 6.07 Å². The van der Waals surface area contributed by atoms with E-state index in [0.717, 1.165) is 19.2 Å². The number of rotatable bonds is 2. The van der Waals surface area contributed by atoms with Crippen LogP contribution in [-0.2, 0) is 16.2 Å². The van der Waals surface area contributed by atoms with Crippen LogP contribution >= 0.6 is 15.9 Å². The summed E-state index contributed by atoms with van der Waals surface area (Å²) >= 11 is 3.05. The van der Waals surface area contributed by atoms with Gasteiger partial charge < -0.3 is 4.74 Å². The third-order valence-corrected chi connectivity index (χ3v) is 2.60. The molecule has 0 aromatic heterocycles. The Bertz CT molecular complexity index is 402. The third kappa shape index (κ3) is 2.75. The fraction of sp³-hybridized carbons (Fsp3) is 0.300. The highest BCUT2D eigenvalue weighted by Crippen LogP contribution is 2.33. The van der Waals surface area contributed by atoms with E-state index in [1.54, 1.807) is 0 Å². The molecule has 88 valence electrons. The van der Waals surface area contributed by atoms with Gasteiger partial charge in [-0.1, -0.05) is 22.0 Å². The second-order valence-corrected chi connectivity index (χ2v) is 3.56. The van der Waals surface area contributed by atoms with Crippen LogP contribution in [0.3, 0.4) is 0 Å². The molecule has 6 heteroatoms. The Morgan fingerprint density at radius 3 is 2.50 bits per heavy atom. The van der Waals surface area contributed by atoms with Crippen molar-refractivity contribution in [2.75, 3.05) is 7.11 Å². The highest BCUT2D eigenvalue weighted by molar-refractivity contribution is 9.08. The van der Waals surface area contributed by atoms with E-state index >= 15 is 0 Å². The van der Waals surface area contributed by atoms with Gasteiger partial charge in [0.2, 0.25) is 0 Å². The Morgan fingerprint density at radius 2 is 2.06 bits per heavy atom. The van der Waals surface area contributed by atoms with Crippen molar-refractivity contribution >= 4 is 21.9 Å². The zero-order valence-electron chi connectivity index (χ0n) is 8.27. The lowest BCUT2D eigenvalue weighted by Crippen LogP contribution is -2.14. The summed E-state index contributed by atoms with van der Waals surface area (Å²) in [6.45, 7) is 0. The van der Waals surface area contributed by atoms with Gasteiger partial charge in [-0.15, -0.1) is 0 Å². The molecule has 0 aliphatic heterocycles. The Labute approximate surface area is 98.5 Å². The molecule has 0 fully saturated rings. The molecule has 0 amide bonds. The van der Waals surface area contributed by atoms with Crippen molar-refractivity contribution in [1.29, 1.82) is 0 Å². The molecule has 0 bridgehead atoms. The van der Waals surface area contributed by atoms with Crippen molar-refractivity contribution in [2.45, 2.75) is 11.5 Å². The number of hydrogen-bond donors (Lipinski definition) is 0. The first-order valence-electron chi connectivity index (χ1n) is 4.24. The number of ether oxygens (including phenoxy) is 1. The number of carbonyl (C=O) groups is 1. The standard InChI is InChI=1S/C10H8BrF3O2/c1-16-9(15)7-3-2-6(5-11)4-8(7)10(12,13)14/h2-4H,5H2,1H3. The Hall–Kier alpha value is -1.04. The summed E-state index contributed by atoms with van der Waals surface area (Å²) in [6, 6.07) is 3.49. The van der Waals surface area contributed by atoms with E-state index in [1.807, 2.05) is 0 Å². The molecule has 0 unspecified atom stereocenters. The van der Waals surface area contributed by atoms with E-state index < -0.39 is 23.3 Å². The number of alkyl halides is 4. The maximum absolute atomic E-state index is 12.6. The lowest BCUT2D eigenvalue weighted by molar-refractivity contribution is -0.138. The first-order valence-corrected chi connectivity index (χ1v) is 5.36. The summed E-state index contributed by atoms with van der Waals surface area (Å²) < 4.78 is 42.2. The van der Waals surface area contributed by atoms with Gasteiger partial charge in [0.25, 0.3) is 0 Å². The van der Waals surface area contributed by atoms with Gasteiger partial charge in [0.15, 0.2) is 0 Å². The normalized spacial score (nSPS) is 11.3. The predicted octanol–water partition coefficient (Wildman–Crippen LogP) is 3.39. The fourth-order valence-electron chi connectivity index (χ4n) is 1.20. The summed E-state index contributed by atoms with van der Waals surface area (Å²) in [5.74, 6) is -0.992. The topological polar surface area (TPSA) is 26.3 Å². The van der Waals surface area contributed by atoms with Crippen LogP contribution in [0.25, 0.3) is 0 Å². The van der Waals surface area contributed by atoms with Gasteiger partial charge in [0, 0.05) is 5.33 Å². The van der Waals surface area contributed by atoms with Crippen LogP contribution in [0.2, 0.25) is 0 Å². The van der Waals surface area contributed by atoms with Crippen LogP contribution in [0.15, 0.2) is 18.2 Å². The molecule has 0 atom stereocenters. The fourth-order valence-corrected chi connectivity index (χ4v) is 1.55. The van der Waals surface area contributed by atoms with Gasteiger partial charge in [-0.05, 0) is 17.7 Å². The van der Waals surface area contributed by atoms with Gasteiger partial charge in [-0.25, -0.2) is 4.79 Å². The van der Waals surface area contributed by atoms with Crippen LogP contribution in [-0.4, -0.2) is 13.1 Å². The quantitative estimate of drug-likeness (QED) is 0.618. The van der Waals surface area contributed by atoms with E-state index in [9.17, 15) is 18.0 Å². The second-order valence-electron chi connectivity index (χ2n) is 3.00. The monoisotopic (exact) mass is 296 g/mol. The number of esters is 1. The highest BCUT2D eigenvalue weighted by atomic mass is 79.9. The Morgan fingerprint density at radius 1 is 1.44 bits per heavy atom. The van der Waals surface area contributed by atoms with Crippen molar-refractivity contribution in [3.8, 4) is 0 Å². The number of hydrogen-bond acceptors (Lipinski definition) is 2. The Kier molecular flexibility index (Phi) is 3.96. The largest absolute Gasteiger partial charge is 0.465 e. The molecule has 0 heterocycles. The van der Waals surface area contributed by atoms with Crippen molar-refractivity contribution in [3.63, 3.8) is 0 Å². The lowest BCUT2D eigenvalue weighted by Gasteiger charge is -2.12. The zero-order valence-corrected chi connectivity index (χ0v) is 9.85. The number of benzene rings is 1. The van der Waals surface area contributed by atoms with Crippen molar-refractivity contribution in [3.05, 3.63) is 34.9 Å². The van der Waals surface area contributed by atoms with E-state index in [0.29, 0.717) is 5.56 Å². The van der Waals surface area contributed by atoms with Crippen LogP contribution in [0.5, 0.6) is 0 Å². The average molecular weight is 297 g/mol. The summed E-state index contributed by atoms with van der Waals surface area (Å²) in [7, 11) is 1.04. The molecular formula is C10H8BrF3O2. The molecule has 0 saturated heterocycles. The van der Waals surface area contributed by atoms with Crippen LogP contribution in [0.4, 0.5) is 13.2 Å². The number of carbonyl (C=O) groups excluding carboxylic acids is 1. The second kappa shape index (κ2) is 4.86. The van der Waals surface area contributed by atoms with Crippen LogP contribution in [0.1, 0.15) is 21.5 Å². The smallest absolute Gasteiger partial charge is 0.417 e. The molecule has 0 N–H and O–H groups in total. The summed E-state index contributed by atoms with van der Waals surface area (Å²) in [4.78, 5) is 11.1. The average Bonchev–Trinajstić information content (AvgIpc) is 2.26. The van der Waals surface area contributed by atoms with Crippen molar-refractivity contribution < 1.29 is 22.7 Å². The molecule has 0 aliphatic carbocycles. The van der Waals surface area contributed by atoms with Crippen LogP contribution in [0, 0.1) is 0 Å². The Balaban J connectivity index is 3.33. The molecule has 1 rings (SSSR count). The molecule has 0 aliphatic rings. The SMILES string of the molecule is COC(=O)c1ccc(CBr)cc1C(F)(F)F. The van der Waals surface area contributed by atoms with Crippen molar-refractivity contribution in [2.24, 2.45) is 0 Å². The number of methoxy groups -OCH3 is 1. The third-order valence-electron chi connectivity index (χ3n) is 1.95. The van der Waals surface area contributed by atoms with E-state index in [-0.39, 0.29) is 5.33 Å². The van der Waals surface area contributed by atoms with Gasteiger partial charge >= 0.3 is 12.1 Å². The van der Waals surface area contributed by atoms with Gasteiger partial charge in [0.1, 0.15) is 0 Å². The minimum atomic E-state index is -4.57. The molecular weight excluding hydrogens is 289 g/mol. The minimum absolute atomic E-state index is 0.289. The van der Waals surface area contributed by atoms with Crippen LogP contribution < -0.4 is 0 Å². The highest BCUT2D eigenvalue weighted by Gasteiger charge is 2.35. The maximum Gasteiger partial charge on any atom is 0.417 e. The summed E-state index contributed by atoms with van der Waals surface area (Å²) in [5.41, 5.74) is -1.00. The first-order chi connectivity index (χ1) is 7.40. The van der Waals surface area contributed by atoms with E-state index in [4.69, 9.17) is 0 Å². The number of halogens is 4. The molecule has 16 heavy (non-hydrogen) atoms. The molecule has 0 spiro atoms. The zero-order chi connectivity index (χ0) is 12.3. The molecule has 0 saturated carbocycles. The lowest BCUT2D eigenvalue weighted by atomic mass is 10.0. The molecule has 2 nitrogen and oxygen atoms in total.